The Morgan fingerprint density at radius 2 is 1.86 bits per heavy atom. The molecule has 0 aromatic carbocycles. The first-order chi connectivity index (χ1) is 10.8. The highest BCUT2D eigenvalue weighted by atomic mass is 32.2. The largest absolute Gasteiger partial charge is 0.342 e. The van der Waals surface area contributed by atoms with Gasteiger partial charge < -0.3 is 4.90 Å². The molecule has 1 unspecified atom stereocenters. The van der Waals surface area contributed by atoms with Gasteiger partial charge in [-0.3, -0.25) is 9.69 Å². The molecule has 1 saturated carbocycles. The normalized spacial score (nSPS) is 35.3. The molecule has 0 bridgehead atoms. The lowest BCUT2D eigenvalue weighted by molar-refractivity contribution is -0.146. The second-order valence-electron chi connectivity index (χ2n) is 7.60. The highest BCUT2D eigenvalue weighted by molar-refractivity contribution is 8.03. The molecule has 0 radical (unpaired) electrons. The van der Waals surface area contributed by atoms with Crippen LogP contribution in [0.2, 0.25) is 0 Å². The van der Waals surface area contributed by atoms with Gasteiger partial charge in [-0.1, -0.05) is 0 Å². The van der Waals surface area contributed by atoms with Crippen LogP contribution in [0.3, 0.4) is 0 Å². The summed E-state index contributed by atoms with van der Waals surface area (Å²) in [5.74, 6) is 6.46. The van der Waals surface area contributed by atoms with Crippen molar-refractivity contribution in [3.63, 3.8) is 0 Å². The smallest absolute Gasteiger partial charge is 0.230 e. The molecule has 4 aliphatic rings. The minimum Gasteiger partial charge on any atom is -0.342 e. The molecule has 3 heterocycles. The molecular formula is C17H28N2OS2. The summed E-state index contributed by atoms with van der Waals surface area (Å²) in [7, 11) is 0. The van der Waals surface area contributed by atoms with Gasteiger partial charge in [-0.25, -0.2) is 0 Å². The Bertz CT molecular complexity index is 421. The lowest BCUT2D eigenvalue weighted by Crippen LogP contribution is -2.51. The van der Waals surface area contributed by atoms with Gasteiger partial charge in [0.05, 0.1) is 5.41 Å². The van der Waals surface area contributed by atoms with E-state index in [4.69, 9.17) is 0 Å². The lowest BCUT2D eigenvalue weighted by atomic mass is 9.78. The highest BCUT2D eigenvalue weighted by Gasteiger charge is 2.49. The van der Waals surface area contributed by atoms with Crippen LogP contribution in [0, 0.1) is 11.3 Å². The highest BCUT2D eigenvalue weighted by Crippen LogP contribution is 2.42. The molecule has 1 aliphatic carbocycles. The molecular weight excluding hydrogens is 312 g/mol. The van der Waals surface area contributed by atoms with Crippen LogP contribution in [0.5, 0.6) is 0 Å². The van der Waals surface area contributed by atoms with Gasteiger partial charge in [-0.05, 0) is 44.6 Å². The fourth-order valence-electron chi connectivity index (χ4n) is 4.35. The van der Waals surface area contributed by atoms with E-state index in [0.717, 1.165) is 44.9 Å². The van der Waals surface area contributed by atoms with Crippen LogP contribution in [-0.4, -0.2) is 70.9 Å². The van der Waals surface area contributed by atoms with Crippen molar-refractivity contribution >= 4 is 29.4 Å². The van der Waals surface area contributed by atoms with Crippen molar-refractivity contribution in [1.29, 1.82) is 0 Å². The quantitative estimate of drug-likeness (QED) is 0.788. The summed E-state index contributed by atoms with van der Waals surface area (Å²) in [6, 6.07) is 0.698. The topological polar surface area (TPSA) is 23.6 Å². The number of likely N-dealkylation sites (tertiary alicyclic amines) is 2. The molecule has 1 amide bonds. The minimum atomic E-state index is -0.0191. The van der Waals surface area contributed by atoms with E-state index in [1.54, 1.807) is 0 Å². The number of carbonyl (C=O) groups is 1. The van der Waals surface area contributed by atoms with E-state index >= 15 is 0 Å². The predicted octanol–water partition coefficient (Wildman–Crippen LogP) is 2.56. The van der Waals surface area contributed by atoms with E-state index in [-0.39, 0.29) is 5.41 Å². The number of rotatable bonds is 3. The van der Waals surface area contributed by atoms with E-state index in [2.05, 4.69) is 33.3 Å². The van der Waals surface area contributed by atoms with Crippen LogP contribution in [0.4, 0.5) is 0 Å². The molecule has 3 nitrogen and oxygen atoms in total. The number of hydrogen-bond acceptors (Lipinski definition) is 4. The van der Waals surface area contributed by atoms with E-state index < -0.39 is 0 Å². The fraction of sp³-hybridized carbons (Fsp3) is 0.941. The van der Waals surface area contributed by atoms with Crippen LogP contribution < -0.4 is 0 Å². The van der Waals surface area contributed by atoms with Gasteiger partial charge in [0, 0.05) is 48.7 Å². The van der Waals surface area contributed by atoms with Crippen LogP contribution in [0.15, 0.2) is 0 Å². The Morgan fingerprint density at radius 1 is 1.09 bits per heavy atom. The average Bonchev–Trinajstić information content (AvgIpc) is 3.29. The molecule has 4 fully saturated rings. The van der Waals surface area contributed by atoms with Crippen LogP contribution in [0.25, 0.3) is 0 Å². The van der Waals surface area contributed by atoms with Gasteiger partial charge in [0.2, 0.25) is 5.91 Å². The zero-order valence-corrected chi connectivity index (χ0v) is 15.1. The Morgan fingerprint density at radius 3 is 2.59 bits per heavy atom. The third-order valence-corrected chi connectivity index (χ3v) is 8.38. The zero-order valence-electron chi connectivity index (χ0n) is 13.5. The first-order valence-corrected chi connectivity index (χ1v) is 11.3. The number of thioether (sulfide) groups is 2. The molecule has 0 N–H and O–H groups in total. The maximum absolute atomic E-state index is 13.1. The number of carbonyl (C=O) groups excluding carboxylic acids is 1. The monoisotopic (exact) mass is 340 g/mol. The second-order valence-corrected chi connectivity index (χ2v) is 9.90. The molecule has 124 valence electrons. The Hall–Kier alpha value is 0.130. The van der Waals surface area contributed by atoms with Crippen molar-refractivity contribution in [2.24, 2.45) is 11.3 Å². The number of amides is 1. The fourth-order valence-corrected chi connectivity index (χ4v) is 6.98. The Kier molecular flexibility index (Phi) is 4.66. The van der Waals surface area contributed by atoms with Crippen molar-refractivity contribution in [3.8, 4) is 0 Å². The van der Waals surface area contributed by atoms with E-state index in [9.17, 15) is 4.79 Å². The maximum Gasteiger partial charge on any atom is 0.230 e. The van der Waals surface area contributed by atoms with Crippen LogP contribution >= 0.6 is 23.5 Å². The van der Waals surface area contributed by atoms with Gasteiger partial charge in [-0.2, -0.15) is 23.5 Å². The number of hydrogen-bond donors (Lipinski definition) is 0. The zero-order chi connectivity index (χ0) is 15.0. The summed E-state index contributed by atoms with van der Waals surface area (Å²) >= 11 is 4.21. The number of piperidine rings is 1. The lowest BCUT2D eigenvalue weighted by Gasteiger charge is -2.40. The van der Waals surface area contributed by atoms with E-state index in [1.807, 2.05) is 0 Å². The molecule has 3 saturated heterocycles. The summed E-state index contributed by atoms with van der Waals surface area (Å²) in [6.45, 7) is 4.26. The van der Waals surface area contributed by atoms with Gasteiger partial charge in [0.25, 0.3) is 0 Å². The summed E-state index contributed by atoms with van der Waals surface area (Å²) in [4.78, 5) is 18.0. The predicted molar refractivity (Wildman–Crippen MR) is 95.6 cm³/mol. The van der Waals surface area contributed by atoms with Crippen molar-refractivity contribution in [2.75, 3.05) is 49.2 Å². The van der Waals surface area contributed by atoms with Crippen molar-refractivity contribution < 1.29 is 4.79 Å². The van der Waals surface area contributed by atoms with Crippen molar-refractivity contribution in [3.05, 3.63) is 0 Å². The summed E-state index contributed by atoms with van der Waals surface area (Å²) in [5, 5.41) is 0. The standard InChI is InChI=1S/C17H28N2OS2/c20-16-17(4-1-6-18(16)10-14-2-3-14)5-7-19(13-17)15-11-21-8-9-22-12-15/h14-15H,1-13H2. The van der Waals surface area contributed by atoms with Crippen LogP contribution in [-0.2, 0) is 4.79 Å². The van der Waals surface area contributed by atoms with Crippen LogP contribution in [0.1, 0.15) is 32.1 Å². The first kappa shape index (κ1) is 15.6. The minimum absolute atomic E-state index is 0.0191. The Balaban J connectivity index is 1.41. The van der Waals surface area contributed by atoms with Gasteiger partial charge in [0.1, 0.15) is 0 Å². The SMILES string of the molecule is O=C1N(CC2CC2)CCCC12CCN(C1CSCCSC1)C2. The molecule has 0 aromatic rings. The summed E-state index contributed by atoms with van der Waals surface area (Å²) < 4.78 is 0. The van der Waals surface area contributed by atoms with Gasteiger partial charge in [-0.15, -0.1) is 0 Å². The molecule has 0 aromatic heterocycles. The second kappa shape index (κ2) is 6.56. The van der Waals surface area contributed by atoms with E-state index in [0.29, 0.717) is 11.9 Å². The van der Waals surface area contributed by atoms with Crippen molar-refractivity contribution in [2.45, 2.75) is 38.1 Å². The van der Waals surface area contributed by atoms with Gasteiger partial charge in [0.15, 0.2) is 0 Å². The van der Waals surface area contributed by atoms with Crippen molar-refractivity contribution in [1.82, 2.24) is 9.80 Å². The summed E-state index contributed by atoms with van der Waals surface area (Å²) in [6.07, 6.45) is 6.16. The van der Waals surface area contributed by atoms with Gasteiger partial charge >= 0.3 is 0 Å². The molecule has 1 spiro atoms. The third-order valence-electron chi connectivity index (χ3n) is 5.89. The average molecular weight is 341 g/mol. The Labute approximate surface area is 142 Å². The summed E-state index contributed by atoms with van der Waals surface area (Å²) in [5.41, 5.74) is -0.0191. The maximum atomic E-state index is 13.1. The molecule has 1 atom stereocenters. The molecule has 4 rings (SSSR count). The molecule has 3 aliphatic heterocycles. The molecule has 5 heteroatoms. The van der Waals surface area contributed by atoms with E-state index in [1.165, 1.54) is 42.3 Å². The first-order valence-electron chi connectivity index (χ1n) is 8.96. The third kappa shape index (κ3) is 3.18. The molecule has 22 heavy (non-hydrogen) atoms. The number of nitrogens with zero attached hydrogens (tertiary/aromatic N) is 2.